The Balaban J connectivity index is 1.49. The van der Waals surface area contributed by atoms with Gasteiger partial charge in [0, 0.05) is 29.2 Å². The van der Waals surface area contributed by atoms with Crippen molar-refractivity contribution in [2.75, 3.05) is 26.4 Å². The number of aromatic nitrogens is 1. The average molecular weight is 507 g/mol. The Hall–Kier alpha value is -3.16. The van der Waals surface area contributed by atoms with Crippen LogP contribution in [-0.2, 0) is 36.8 Å². The van der Waals surface area contributed by atoms with Crippen molar-refractivity contribution < 1.29 is 23.8 Å². The van der Waals surface area contributed by atoms with Crippen LogP contribution >= 0.6 is 0 Å². The zero-order valence-corrected chi connectivity index (χ0v) is 21.9. The fraction of sp³-hybridized carbons (Fsp3) is 0.467. The lowest BCUT2D eigenvalue weighted by molar-refractivity contribution is -0.174. The molecule has 1 aliphatic heterocycles. The lowest BCUT2D eigenvalue weighted by Gasteiger charge is -2.32. The van der Waals surface area contributed by atoms with Gasteiger partial charge in [-0.1, -0.05) is 48.5 Å². The van der Waals surface area contributed by atoms with Crippen LogP contribution in [0.4, 0.5) is 0 Å². The van der Waals surface area contributed by atoms with Crippen LogP contribution < -0.4 is 5.32 Å². The molecule has 198 valence electrons. The summed E-state index contributed by atoms with van der Waals surface area (Å²) in [7, 11) is 0. The molecule has 2 heterocycles. The Kier molecular flexibility index (Phi) is 9.36. The molecule has 0 aliphatic carbocycles. The molecule has 1 aliphatic rings. The van der Waals surface area contributed by atoms with E-state index < -0.39 is 17.4 Å². The van der Waals surface area contributed by atoms with Gasteiger partial charge in [0.1, 0.15) is 0 Å². The Morgan fingerprint density at radius 2 is 1.65 bits per heavy atom. The van der Waals surface area contributed by atoms with E-state index in [1.165, 1.54) is 10.9 Å². The standard InChI is InChI=1S/C30H38N2O5/c1-3-36-28(33)30(29(34)37-4-2,17-10-20-35-21-22-11-6-5-7-12-22)18-15-26-27-24(16-19-31-26)23-13-8-9-14-25(23)32-27/h5-9,11-14,26,31-32H,3-4,10,15-21H2,1-2H3. The van der Waals surface area contributed by atoms with Gasteiger partial charge in [-0.25, -0.2) is 0 Å². The second-order valence-electron chi connectivity index (χ2n) is 9.52. The molecule has 37 heavy (non-hydrogen) atoms. The number of ether oxygens (including phenoxy) is 3. The van der Waals surface area contributed by atoms with Crippen LogP contribution in [-0.4, -0.2) is 43.3 Å². The van der Waals surface area contributed by atoms with Crippen molar-refractivity contribution in [1.82, 2.24) is 10.3 Å². The van der Waals surface area contributed by atoms with Crippen molar-refractivity contribution in [2.24, 2.45) is 5.41 Å². The van der Waals surface area contributed by atoms with Crippen molar-refractivity contribution in [3.63, 3.8) is 0 Å². The maximum Gasteiger partial charge on any atom is 0.323 e. The SMILES string of the molecule is CCOC(=O)C(CCCOCc1ccccc1)(CCC1NCCc2c1[nH]c1ccccc21)C(=O)OCC. The highest BCUT2D eigenvalue weighted by molar-refractivity contribution is 6.00. The Labute approximate surface area is 218 Å². The van der Waals surface area contributed by atoms with Gasteiger partial charge in [-0.2, -0.15) is 0 Å². The first-order chi connectivity index (χ1) is 18.1. The van der Waals surface area contributed by atoms with E-state index in [0.29, 0.717) is 38.9 Å². The molecule has 0 spiro atoms. The summed E-state index contributed by atoms with van der Waals surface area (Å²) >= 11 is 0. The van der Waals surface area contributed by atoms with Crippen LogP contribution in [0.1, 0.15) is 62.4 Å². The van der Waals surface area contributed by atoms with Gasteiger partial charge in [-0.3, -0.25) is 9.59 Å². The van der Waals surface area contributed by atoms with Crippen LogP contribution in [0.5, 0.6) is 0 Å². The molecule has 7 nitrogen and oxygen atoms in total. The molecule has 0 fully saturated rings. The molecule has 0 radical (unpaired) electrons. The average Bonchev–Trinajstić information content (AvgIpc) is 3.30. The van der Waals surface area contributed by atoms with Crippen LogP contribution in [0, 0.1) is 5.41 Å². The van der Waals surface area contributed by atoms with E-state index in [1.54, 1.807) is 13.8 Å². The molecule has 1 unspecified atom stereocenters. The molecule has 0 bridgehead atoms. The number of benzene rings is 2. The predicted octanol–water partition coefficient (Wildman–Crippen LogP) is 5.24. The van der Waals surface area contributed by atoms with E-state index in [1.807, 2.05) is 36.4 Å². The summed E-state index contributed by atoms with van der Waals surface area (Å²) in [5.41, 5.74) is 3.28. The predicted molar refractivity (Wildman–Crippen MR) is 143 cm³/mol. The van der Waals surface area contributed by atoms with Gasteiger partial charge in [0.15, 0.2) is 5.41 Å². The lowest BCUT2D eigenvalue weighted by atomic mass is 9.77. The van der Waals surface area contributed by atoms with Crippen molar-refractivity contribution in [1.29, 1.82) is 0 Å². The Bertz CT molecular complexity index is 1160. The topological polar surface area (TPSA) is 89.7 Å². The second kappa shape index (κ2) is 12.9. The number of hydrogen-bond acceptors (Lipinski definition) is 6. The van der Waals surface area contributed by atoms with Crippen LogP contribution in [0.2, 0.25) is 0 Å². The normalized spacial score (nSPS) is 15.4. The molecular weight excluding hydrogens is 468 g/mol. The van der Waals surface area contributed by atoms with Crippen LogP contribution in [0.25, 0.3) is 10.9 Å². The minimum absolute atomic E-state index is 0.00806. The molecule has 7 heteroatoms. The summed E-state index contributed by atoms with van der Waals surface area (Å²) < 4.78 is 16.7. The fourth-order valence-corrected chi connectivity index (χ4v) is 5.29. The van der Waals surface area contributed by atoms with Gasteiger partial charge < -0.3 is 24.5 Å². The number of hydrogen-bond donors (Lipinski definition) is 2. The summed E-state index contributed by atoms with van der Waals surface area (Å²) in [5.74, 6) is -1.02. The van der Waals surface area contributed by atoms with Crippen LogP contribution in [0.3, 0.4) is 0 Å². The van der Waals surface area contributed by atoms with Gasteiger partial charge in [0.05, 0.1) is 19.8 Å². The number of H-pyrrole nitrogens is 1. The number of carbonyl (C=O) groups excluding carboxylic acids is 2. The maximum atomic E-state index is 13.3. The fourth-order valence-electron chi connectivity index (χ4n) is 5.29. The molecule has 2 aromatic carbocycles. The number of rotatable bonds is 13. The molecule has 0 saturated carbocycles. The molecule has 3 aromatic rings. The molecule has 1 aromatic heterocycles. The van der Waals surface area contributed by atoms with E-state index in [0.717, 1.165) is 29.7 Å². The van der Waals surface area contributed by atoms with Crippen molar-refractivity contribution in [3.8, 4) is 0 Å². The van der Waals surface area contributed by atoms with Gasteiger partial charge in [0.25, 0.3) is 0 Å². The highest BCUT2D eigenvalue weighted by Gasteiger charge is 2.48. The first-order valence-electron chi connectivity index (χ1n) is 13.4. The minimum atomic E-state index is -1.37. The minimum Gasteiger partial charge on any atom is -0.465 e. The number of para-hydroxylation sites is 1. The lowest BCUT2D eigenvalue weighted by Crippen LogP contribution is -2.43. The largest absolute Gasteiger partial charge is 0.465 e. The van der Waals surface area contributed by atoms with Gasteiger partial charge in [-0.05, 0) is 69.7 Å². The van der Waals surface area contributed by atoms with E-state index in [4.69, 9.17) is 14.2 Å². The summed E-state index contributed by atoms with van der Waals surface area (Å²) in [6.07, 6.45) is 2.72. The third-order valence-electron chi connectivity index (χ3n) is 7.16. The summed E-state index contributed by atoms with van der Waals surface area (Å²) in [5, 5.41) is 4.82. The highest BCUT2D eigenvalue weighted by atomic mass is 16.6. The van der Waals surface area contributed by atoms with E-state index in [-0.39, 0.29) is 19.3 Å². The summed E-state index contributed by atoms with van der Waals surface area (Å²) in [4.78, 5) is 30.2. The Morgan fingerprint density at radius 3 is 2.38 bits per heavy atom. The van der Waals surface area contributed by atoms with Crippen molar-refractivity contribution in [2.45, 2.75) is 58.6 Å². The Morgan fingerprint density at radius 1 is 0.946 bits per heavy atom. The number of aromatic amines is 1. The van der Waals surface area contributed by atoms with E-state index in [9.17, 15) is 9.59 Å². The maximum absolute atomic E-state index is 13.3. The third-order valence-corrected chi connectivity index (χ3v) is 7.16. The quantitative estimate of drug-likeness (QED) is 0.187. The molecular formula is C30H38N2O5. The monoisotopic (exact) mass is 506 g/mol. The molecule has 4 rings (SSSR count). The summed E-state index contributed by atoms with van der Waals surface area (Å²) in [6, 6.07) is 18.3. The molecule has 1 atom stereocenters. The molecule has 2 N–H and O–H groups in total. The van der Waals surface area contributed by atoms with Crippen LogP contribution in [0.15, 0.2) is 54.6 Å². The van der Waals surface area contributed by atoms with E-state index >= 15 is 0 Å². The highest BCUT2D eigenvalue weighted by Crippen LogP contribution is 2.39. The number of nitrogens with one attached hydrogen (secondary N) is 2. The number of carbonyl (C=O) groups is 2. The molecule has 0 amide bonds. The smallest absolute Gasteiger partial charge is 0.323 e. The van der Waals surface area contributed by atoms with E-state index in [2.05, 4.69) is 28.5 Å². The zero-order valence-electron chi connectivity index (χ0n) is 21.9. The molecule has 0 saturated heterocycles. The first-order valence-corrected chi connectivity index (χ1v) is 13.4. The van der Waals surface area contributed by atoms with Gasteiger partial charge in [0.2, 0.25) is 0 Å². The van der Waals surface area contributed by atoms with Crippen molar-refractivity contribution >= 4 is 22.8 Å². The van der Waals surface area contributed by atoms with Crippen molar-refractivity contribution in [3.05, 3.63) is 71.4 Å². The number of esters is 2. The first kappa shape index (κ1) is 26.9. The second-order valence-corrected chi connectivity index (χ2v) is 9.52. The number of fused-ring (bicyclic) bond motifs is 3. The van der Waals surface area contributed by atoms with Gasteiger partial charge >= 0.3 is 11.9 Å². The summed E-state index contributed by atoms with van der Waals surface area (Å²) in [6.45, 7) is 5.70. The van der Waals surface area contributed by atoms with Gasteiger partial charge in [-0.15, -0.1) is 0 Å². The third kappa shape index (κ3) is 6.22. The zero-order chi connectivity index (χ0) is 26.1.